The Morgan fingerprint density at radius 2 is 1.73 bits per heavy atom. The maximum Gasteiger partial charge on any atom is 0.0891 e. The van der Waals surface area contributed by atoms with Crippen molar-refractivity contribution in [2.45, 2.75) is 12.8 Å². The van der Waals surface area contributed by atoms with Gasteiger partial charge >= 0.3 is 0 Å². The predicted molar refractivity (Wildman–Crippen MR) is 87.8 cm³/mol. The minimum absolute atomic E-state index is 0.329. The van der Waals surface area contributed by atoms with Crippen molar-refractivity contribution in [3.8, 4) is 11.3 Å². The van der Waals surface area contributed by atoms with Crippen molar-refractivity contribution in [1.82, 2.24) is 15.0 Å². The SMILES string of the molecule is CC1c2cccnc2-c2ccc3ncc4ncccc4c3c21. The second-order valence-electron chi connectivity index (χ2n) is 5.78. The van der Waals surface area contributed by atoms with Crippen molar-refractivity contribution in [3.05, 3.63) is 66.1 Å². The van der Waals surface area contributed by atoms with E-state index in [1.54, 1.807) is 0 Å². The largest absolute Gasteiger partial charge is 0.256 e. The van der Waals surface area contributed by atoms with E-state index in [9.17, 15) is 0 Å². The van der Waals surface area contributed by atoms with Gasteiger partial charge in [-0.2, -0.15) is 0 Å². The number of aromatic nitrogens is 3. The zero-order valence-electron chi connectivity index (χ0n) is 12.1. The third kappa shape index (κ3) is 1.38. The smallest absolute Gasteiger partial charge is 0.0891 e. The van der Waals surface area contributed by atoms with Crippen molar-refractivity contribution < 1.29 is 0 Å². The van der Waals surface area contributed by atoms with Gasteiger partial charge in [-0.1, -0.05) is 25.1 Å². The second-order valence-corrected chi connectivity index (χ2v) is 5.78. The van der Waals surface area contributed by atoms with Gasteiger partial charge in [-0.25, -0.2) is 0 Å². The van der Waals surface area contributed by atoms with Gasteiger partial charge in [-0.15, -0.1) is 0 Å². The van der Waals surface area contributed by atoms with Crippen LogP contribution < -0.4 is 0 Å². The Morgan fingerprint density at radius 1 is 0.864 bits per heavy atom. The Hall–Kier alpha value is -2.81. The Kier molecular flexibility index (Phi) is 2.20. The van der Waals surface area contributed by atoms with Crippen LogP contribution in [0.4, 0.5) is 0 Å². The summed E-state index contributed by atoms with van der Waals surface area (Å²) in [6.07, 6.45) is 5.54. The van der Waals surface area contributed by atoms with E-state index in [2.05, 4.69) is 46.1 Å². The van der Waals surface area contributed by atoms with Gasteiger partial charge in [-0.05, 0) is 29.3 Å². The molecule has 3 aromatic heterocycles. The van der Waals surface area contributed by atoms with Gasteiger partial charge < -0.3 is 0 Å². The topological polar surface area (TPSA) is 38.7 Å². The van der Waals surface area contributed by atoms with Crippen LogP contribution in [0.15, 0.2) is 55.0 Å². The lowest BCUT2D eigenvalue weighted by atomic mass is 9.93. The molecule has 1 aliphatic rings. The maximum absolute atomic E-state index is 4.60. The highest BCUT2D eigenvalue weighted by Gasteiger charge is 2.29. The number of benzene rings is 1. The summed E-state index contributed by atoms with van der Waals surface area (Å²) >= 11 is 0. The molecule has 5 rings (SSSR count). The third-order valence-electron chi connectivity index (χ3n) is 4.65. The summed E-state index contributed by atoms with van der Waals surface area (Å²) in [4.78, 5) is 13.7. The monoisotopic (exact) mass is 283 g/mol. The molecule has 3 heterocycles. The fourth-order valence-corrected chi connectivity index (χ4v) is 3.67. The van der Waals surface area contributed by atoms with Gasteiger partial charge in [-0.3, -0.25) is 15.0 Å². The van der Waals surface area contributed by atoms with Gasteiger partial charge in [0, 0.05) is 34.6 Å². The van der Waals surface area contributed by atoms with Crippen LogP contribution in [0.5, 0.6) is 0 Å². The molecule has 0 saturated heterocycles. The molecule has 1 atom stereocenters. The summed E-state index contributed by atoms with van der Waals surface area (Å²) in [6.45, 7) is 2.25. The molecule has 3 heteroatoms. The fraction of sp³-hybridized carbons (Fsp3) is 0.105. The average Bonchev–Trinajstić information content (AvgIpc) is 2.88. The van der Waals surface area contributed by atoms with E-state index in [1.165, 1.54) is 27.5 Å². The molecule has 1 aliphatic carbocycles. The molecule has 22 heavy (non-hydrogen) atoms. The fourth-order valence-electron chi connectivity index (χ4n) is 3.67. The Morgan fingerprint density at radius 3 is 2.68 bits per heavy atom. The number of pyridine rings is 3. The first-order valence-electron chi connectivity index (χ1n) is 7.46. The van der Waals surface area contributed by atoms with E-state index in [0.29, 0.717) is 5.92 Å². The summed E-state index contributed by atoms with van der Waals surface area (Å²) < 4.78 is 0. The van der Waals surface area contributed by atoms with Gasteiger partial charge in [0.2, 0.25) is 0 Å². The van der Waals surface area contributed by atoms with Crippen molar-refractivity contribution >= 4 is 21.8 Å². The van der Waals surface area contributed by atoms with Crippen molar-refractivity contribution in [2.75, 3.05) is 0 Å². The molecule has 0 saturated carbocycles. The van der Waals surface area contributed by atoms with Crippen molar-refractivity contribution in [1.29, 1.82) is 0 Å². The first kappa shape index (κ1) is 11.8. The van der Waals surface area contributed by atoms with E-state index < -0.39 is 0 Å². The molecule has 1 unspecified atom stereocenters. The first-order chi connectivity index (χ1) is 10.8. The number of hydrogen-bond acceptors (Lipinski definition) is 3. The molecule has 0 amide bonds. The Balaban J connectivity index is 2.00. The lowest BCUT2D eigenvalue weighted by Gasteiger charge is -2.11. The highest BCUT2D eigenvalue weighted by Crippen LogP contribution is 2.47. The summed E-state index contributed by atoms with van der Waals surface area (Å²) in [5.74, 6) is 0.329. The second kappa shape index (κ2) is 4.10. The molecule has 0 radical (unpaired) electrons. The molecule has 104 valence electrons. The van der Waals surface area contributed by atoms with E-state index in [4.69, 9.17) is 0 Å². The quantitative estimate of drug-likeness (QED) is 0.451. The molecule has 0 bridgehead atoms. The van der Waals surface area contributed by atoms with Crippen LogP contribution in [0.1, 0.15) is 24.0 Å². The molecule has 1 aromatic carbocycles. The maximum atomic E-state index is 4.60. The van der Waals surface area contributed by atoms with Crippen LogP contribution in [0, 0.1) is 0 Å². The highest BCUT2D eigenvalue weighted by atomic mass is 14.7. The molecule has 0 fully saturated rings. The zero-order chi connectivity index (χ0) is 14.7. The molecule has 3 nitrogen and oxygen atoms in total. The molecular formula is C19H13N3. The number of rotatable bonds is 0. The lowest BCUT2D eigenvalue weighted by Crippen LogP contribution is -1.94. The van der Waals surface area contributed by atoms with Crippen LogP contribution in [-0.4, -0.2) is 15.0 Å². The summed E-state index contributed by atoms with van der Waals surface area (Å²) in [5.41, 5.74) is 6.93. The number of nitrogens with zero attached hydrogens (tertiary/aromatic N) is 3. The third-order valence-corrected chi connectivity index (χ3v) is 4.65. The zero-order valence-corrected chi connectivity index (χ0v) is 12.1. The number of fused-ring (bicyclic) bond motifs is 7. The van der Waals surface area contributed by atoms with Crippen LogP contribution in [0.2, 0.25) is 0 Å². The summed E-state index contributed by atoms with van der Waals surface area (Å²) in [5, 5.41) is 2.39. The van der Waals surface area contributed by atoms with Crippen molar-refractivity contribution in [3.63, 3.8) is 0 Å². The van der Waals surface area contributed by atoms with Crippen LogP contribution in [-0.2, 0) is 0 Å². The van der Waals surface area contributed by atoms with Gasteiger partial charge in [0.15, 0.2) is 0 Å². The number of hydrogen-bond donors (Lipinski definition) is 0. The summed E-state index contributed by atoms with van der Waals surface area (Å²) in [6, 6.07) is 12.6. The van der Waals surface area contributed by atoms with Gasteiger partial charge in [0.05, 0.1) is 22.9 Å². The standard InChI is InChI=1S/C19H13N3/c1-11-12-4-2-9-21-19(12)14-6-7-15-18(17(11)14)13-5-3-8-20-16(13)10-22-15/h2-11H,1H3. The Labute approximate surface area is 127 Å². The molecular weight excluding hydrogens is 270 g/mol. The normalized spacial score (nSPS) is 16.0. The highest BCUT2D eigenvalue weighted by molar-refractivity contribution is 6.09. The van der Waals surface area contributed by atoms with E-state index in [0.717, 1.165) is 16.7 Å². The van der Waals surface area contributed by atoms with Gasteiger partial charge in [0.1, 0.15) is 0 Å². The van der Waals surface area contributed by atoms with Gasteiger partial charge in [0.25, 0.3) is 0 Å². The van der Waals surface area contributed by atoms with E-state index in [1.807, 2.05) is 30.7 Å². The first-order valence-corrected chi connectivity index (χ1v) is 7.46. The summed E-state index contributed by atoms with van der Waals surface area (Å²) in [7, 11) is 0. The van der Waals surface area contributed by atoms with E-state index in [-0.39, 0.29) is 0 Å². The Bertz CT molecular complexity index is 1050. The van der Waals surface area contributed by atoms with Crippen LogP contribution in [0.25, 0.3) is 33.1 Å². The molecule has 0 spiro atoms. The minimum Gasteiger partial charge on any atom is -0.256 e. The minimum atomic E-state index is 0.329. The molecule has 0 aliphatic heterocycles. The lowest BCUT2D eigenvalue weighted by molar-refractivity contribution is 0.962. The average molecular weight is 283 g/mol. The van der Waals surface area contributed by atoms with E-state index >= 15 is 0 Å². The molecule has 0 N–H and O–H groups in total. The predicted octanol–water partition coefficient (Wildman–Crippen LogP) is 4.31. The van der Waals surface area contributed by atoms with Crippen LogP contribution >= 0.6 is 0 Å². The van der Waals surface area contributed by atoms with Crippen molar-refractivity contribution in [2.24, 2.45) is 0 Å². The molecule has 4 aromatic rings. The van der Waals surface area contributed by atoms with Crippen LogP contribution in [0.3, 0.4) is 0 Å².